The van der Waals surface area contributed by atoms with Crippen molar-refractivity contribution in [1.29, 1.82) is 0 Å². The smallest absolute Gasteiger partial charge is 0.217 e. The van der Waals surface area contributed by atoms with Gasteiger partial charge in [0.25, 0.3) is 0 Å². The van der Waals surface area contributed by atoms with E-state index in [0.29, 0.717) is 5.56 Å². The molecule has 1 aliphatic carbocycles. The highest BCUT2D eigenvalue weighted by Gasteiger charge is 2.25. The number of nitrogens with one attached hydrogen (secondary N) is 2. The molecule has 3 N–H and O–H groups in total. The number of amides is 1. The Morgan fingerprint density at radius 3 is 2.57 bits per heavy atom. The molecule has 0 fully saturated rings. The van der Waals surface area contributed by atoms with E-state index >= 15 is 0 Å². The summed E-state index contributed by atoms with van der Waals surface area (Å²) in [5.74, 6) is -1.65. The van der Waals surface area contributed by atoms with Crippen LogP contribution in [0.2, 0.25) is 0 Å². The minimum atomic E-state index is -0.903. The Morgan fingerprint density at radius 1 is 1.17 bits per heavy atom. The number of carbonyl (C=O) groups is 1. The Labute approximate surface area is 176 Å². The van der Waals surface area contributed by atoms with Crippen LogP contribution >= 0.6 is 0 Å². The predicted molar refractivity (Wildman–Crippen MR) is 113 cm³/mol. The molecule has 30 heavy (non-hydrogen) atoms. The van der Waals surface area contributed by atoms with Crippen molar-refractivity contribution < 1.29 is 18.7 Å². The Morgan fingerprint density at radius 2 is 1.90 bits per heavy atom. The van der Waals surface area contributed by atoms with Crippen LogP contribution in [0.5, 0.6) is 0 Å². The molecule has 6 heteroatoms. The molecule has 1 amide bonds. The van der Waals surface area contributed by atoms with Crippen molar-refractivity contribution in [3.8, 4) is 0 Å². The monoisotopic (exact) mass is 416 g/mol. The number of rotatable bonds is 8. The molecule has 2 aromatic carbocycles. The topological polar surface area (TPSA) is 61.4 Å². The molecular weight excluding hydrogens is 386 g/mol. The third-order valence-corrected chi connectivity index (χ3v) is 5.74. The van der Waals surface area contributed by atoms with Gasteiger partial charge in [0.05, 0.1) is 12.1 Å². The Hall–Kier alpha value is -2.31. The van der Waals surface area contributed by atoms with Crippen LogP contribution in [0.1, 0.15) is 55.0 Å². The molecule has 4 nitrogen and oxygen atoms in total. The van der Waals surface area contributed by atoms with Crippen LogP contribution < -0.4 is 10.6 Å². The van der Waals surface area contributed by atoms with E-state index in [2.05, 4.69) is 35.8 Å². The zero-order valence-corrected chi connectivity index (χ0v) is 17.6. The van der Waals surface area contributed by atoms with Crippen molar-refractivity contribution in [2.24, 2.45) is 0 Å². The molecule has 0 aromatic heterocycles. The average Bonchev–Trinajstić information content (AvgIpc) is 2.70. The van der Waals surface area contributed by atoms with Gasteiger partial charge in [0.15, 0.2) is 0 Å². The average molecular weight is 417 g/mol. The lowest BCUT2D eigenvalue weighted by Gasteiger charge is -2.30. The molecule has 3 rings (SSSR count). The molecule has 2 aromatic rings. The van der Waals surface area contributed by atoms with Crippen molar-refractivity contribution in [2.45, 2.75) is 64.1 Å². The van der Waals surface area contributed by atoms with Crippen LogP contribution in [0.3, 0.4) is 0 Å². The highest BCUT2D eigenvalue weighted by Crippen LogP contribution is 2.30. The minimum Gasteiger partial charge on any atom is -0.390 e. The molecule has 1 aliphatic rings. The van der Waals surface area contributed by atoms with E-state index in [0.717, 1.165) is 31.7 Å². The largest absolute Gasteiger partial charge is 0.390 e. The van der Waals surface area contributed by atoms with Gasteiger partial charge in [-0.05, 0) is 66.5 Å². The second kappa shape index (κ2) is 10.1. The number of fused-ring (bicyclic) bond motifs is 1. The summed E-state index contributed by atoms with van der Waals surface area (Å²) >= 11 is 0. The summed E-state index contributed by atoms with van der Waals surface area (Å²) in [6.07, 6.45) is 3.31. The lowest BCUT2D eigenvalue weighted by Crippen LogP contribution is -2.48. The summed E-state index contributed by atoms with van der Waals surface area (Å²) < 4.78 is 27.1. The van der Waals surface area contributed by atoms with Crippen LogP contribution in [0.4, 0.5) is 8.78 Å². The van der Waals surface area contributed by atoms with E-state index < -0.39 is 23.8 Å². The van der Waals surface area contributed by atoms with E-state index in [-0.39, 0.29) is 24.9 Å². The van der Waals surface area contributed by atoms with Crippen LogP contribution in [0.25, 0.3) is 0 Å². The molecule has 0 saturated carbocycles. The molecule has 0 spiro atoms. The summed E-state index contributed by atoms with van der Waals surface area (Å²) in [6.45, 7) is 3.76. The highest BCUT2D eigenvalue weighted by atomic mass is 19.1. The minimum absolute atomic E-state index is 0.137. The molecule has 0 aliphatic heterocycles. The lowest BCUT2D eigenvalue weighted by molar-refractivity contribution is -0.120. The van der Waals surface area contributed by atoms with Gasteiger partial charge in [0.1, 0.15) is 11.6 Å². The van der Waals surface area contributed by atoms with Crippen LogP contribution in [-0.4, -0.2) is 29.7 Å². The van der Waals surface area contributed by atoms with Gasteiger partial charge in [-0.3, -0.25) is 4.79 Å². The van der Waals surface area contributed by atoms with Crippen molar-refractivity contribution in [2.75, 3.05) is 6.54 Å². The molecule has 0 bridgehead atoms. The van der Waals surface area contributed by atoms with Gasteiger partial charge in [0.2, 0.25) is 5.91 Å². The van der Waals surface area contributed by atoms with E-state index in [1.54, 1.807) is 0 Å². The zero-order chi connectivity index (χ0) is 21.7. The summed E-state index contributed by atoms with van der Waals surface area (Å²) in [4.78, 5) is 11.6. The zero-order valence-electron chi connectivity index (χ0n) is 17.6. The summed E-state index contributed by atoms with van der Waals surface area (Å²) in [5.41, 5.74) is 4.28. The van der Waals surface area contributed by atoms with E-state index in [1.807, 2.05) is 0 Å². The van der Waals surface area contributed by atoms with Gasteiger partial charge >= 0.3 is 0 Å². The first-order valence-corrected chi connectivity index (χ1v) is 10.6. The van der Waals surface area contributed by atoms with Gasteiger partial charge in [-0.1, -0.05) is 25.1 Å². The fourth-order valence-corrected chi connectivity index (χ4v) is 4.21. The Bertz CT molecular complexity index is 867. The predicted octanol–water partition coefficient (Wildman–Crippen LogP) is 3.60. The third-order valence-electron chi connectivity index (χ3n) is 5.74. The van der Waals surface area contributed by atoms with Gasteiger partial charge in [-0.15, -0.1) is 0 Å². The van der Waals surface area contributed by atoms with Gasteiger partial charge < -0.3 is 15.7 Å². The van der Waals surface area contributed by atoms with Crippen LogP contribution in [0.15, 0.2) is 36.4 Å². The van der Waals surface area contributed by atoms with E-state index in [1.165, 1.54) is 35.7 Å². The summed E-state index contributed by atoms with van der Waals surface area (Å²) in [7, 11) is 0. The van der Waals surface area contributed by atoms with E-state index in [4.69, 9.17) is 0 Å². The van der Waals surface area contributed by atoms with Gasteiger partial charge in [-0.25, -0.2) is 8.78 Å². The van der Waals surface area contributed by atoms with E-state index in [9.17, 15) is 18.7 Å². The van der Waals surface area contributed by atoms with Crippen molar-refractivity contribution >= 4 is 5.91 Å². The number of hydrogen-bond acceptors (Lipinski definition) is 3. The second-order valence-electron chi connectivity index (χ2n) is 8.10. The first kappa shape index (κ1) is 22.4. The molecule has 0 saturated heterocycles. The maximum Gasteiger partial charge on any atom is 0.217 e. The van der Waals surface area contributed by atoms with Crippen molar-refractivity contribution in [3.63, 3.8) is 0 Å². The molecule has 0 heterocycles. The Balaban J connectivity index is 1.69. The molecule has 0 radical (unpaired) electrons. The highest BCUT2D eigenvalue weighted by molar-refractivity contribution is 5.73. The normalized spacial score (nSPS) is 17.8. The third kappa shape index (κ3) is 5.86. The maximum atomic E-state index is 13.5. The summed E-state index contributed by atoms with van der Waals surface area (Å²) in [6, 6.07) is 9.33. The molecule has 162 valence electrons. The van der Waals surface area contributed by atoms with Crippen LogP contribution in [-0.2, 0) is 24.1 Å². The lowest BCUT2D eigenvalue weighted by atomic mass is 9.86. The number of hydrogen-bond donors (Lipinski definition) is 3. The number of benzene rings is 2. The first-order valence-electron chi connectivity index (χ1n) is 10.6. The van der Waals surface area contributed by atoms with Crippen LogP contribution in [0, 0.1) is 11.6 Å². The standard InChI is InChI=1S/C24H30F2N2O2/c1-3-16-7-8-18-5-4-6-22(21(18)11-16)27-14-24(30)23(28-15(2)29)12-17-9-19(25)13-20(26)10-17/h7-11,13,22-24,27,30H,3-6,12,14H2,1-2H3,(H,28,29)/t22-,23?,24?/m0/s1. The maximum absolute atomic E-state index is 13.5. The number of aliphatic hydroxyl groups excluding tert-OH is 1. The number of carbonyl (C=O) groups excluding carboxylic acids is 1. The fraction of sp³-hybridized carbons (Fsp3) is 0.458. The molecule has 3 atom stereocenters. The second-order valence-corrected chi connectivity index (χ2v) is 8.10. The molecular formula is C24H30F2N2O2. The quantitative estimate of drug-likeness (QED) is 0.616. The molecule has 2 unspecified atom stereocenters. The number of aryl methyl sites for hydroxylation is 2. The van der Waals surface area contributed by atoms with Crippen molar-refractivity contribution in [1.82, 2.24) is 10.6 Å². The summed E-state index contributed by atoms with van der Waals surface area (Å²) in [5, 5.41) is 16.9. The SMILES string of the molecule is CCc1ccc2c(c1)[C@@H](NCC(O)C(Cc1cc(F)cc(F)c1)NC(C)=O)CCC2. The Kier molecular flexibility index (Phi) is 7.56. The number of halogens is 2. The van der Waals surface area contributed by atoms with Crippen molar-refractivity contribution in [3.05, 3.63) is 70.3 Å². The van der Waals surface area contributed by atoms with Gasteiger partial charge in [0, 0.05) is 25.6 Å². The number of aliphatic hydroxyl groups is 1. The fourth-order valence-electron chi connectivity index (χ4n) is 4.21. The van der Waals surface area contributed by atoms with Gasteiger partial charge in [-0.2, -0.15) is 0 Å². The first-order chi connectivity index (χ1) is 14.4.